The third kappa shape index (κ3) is 9.20. The maximum Gasteiger partial charge on any atom is 0.308 e. The normalized spacial score (nSPS) is 10.3. The van der Waals surface area contributed by atoms with Gasteiger partial charge in [0.15, 0.2) is 11.5 Å². The van der Waals surface area contributed by atoms with E-state index < -0.39 is 11.9 Å². The highest BCUT2D eigenvalue weighted by Crippen LogP contribution is 2.29. The molecule has 6 heteroatoms. The summed E-state index contributed by atoms with van der Waals surface area (Å²) in [6.45, 7) is 5.23. The summed E-state index contributed by atoms with van der Waals surface area (Å²) in [6, 6.07) is 5.02. The first-order valence-corrected chi connectivity index (χ1v) is 9.18. The van der Waals surface area contributed by atoms with Crippen molar-refractivity contribution >= 4 is 17.8 Å². The van der Waals surface area contributed by atoms with Crippen molar-refractivity contribution in [3.05, 3.63) is 23.8 Å². The molecule has 26 heavy (non-hydrogen) atoms. The van der Waals surface area contributed by atoms with Gasteiger partial charge in [0.2, 0.25) is 5.91 Å². The number of nitrogens with one attached hydrogen (secondary N) is 1. The Morgan fingerprint density at radius 1 is 0.923 bits per heavy atom. The van der Waals surface area contributed by atoms with Gasteiger partial charge in [0, 0.05) is 26.8 Å². The van der Waals surface area contributed by atoms with Crippen LogP contribution in [0.2, 0.25) is 0 Å². The van der Waals surface area contributed by atoms with Gasteiger partial charge in [-0.3, -0.25) is 14.4 Å². The van der Waals surface area contributed by atoms with Crippen LogP contribution in [-0.2, 0) is 20.8 Å². The Morgan fingerprint density at radius 3 is 2.23 bits per heavy atom. The number of carbonyl (C=O) groups is 3. The van der Waals surface area contributed by atoms with Crippen LogP contribution in [0.1, 0.15) is 64.9 Å². The second-order valence-corrected chi connectivity index (χ2v) is 6.23. The minimum atomic E-state index is -0.494. The quantitative estimate of drug-likeness (QED) is 0.369. The summed E-state index contributed by atoms with van der Waals surface area (Å²) in [7, 11) is 0. The molecule has 1 aromatic carbocycles. The SMILES string of the molecule is CCCCCCCC(=O)NCCc1ccc(OC(C)=O)c(OC(C)=O)c1. The molecule has 0 saturated heterocycles. The van der Waals surface area contributed by atoms with E-state index in [1.54, 1.807) is 18.2 Å². The molecule has 144 valence electrons. The van der Waals surface area contributed by atoms with Gasteiger partial charge in [-0.25, -0.2) is 0 Å². The van der Waals surface area contributed by atoms with Crippen LogP contribution >= 0.6 is 0 Å². The van der Waals surface area contributed by atoms with E-state index in [0.29, 0.717) is 19.4 Å². The fraction of sp³-hybridized carbons (Fsp3) is 0.550. The monoisotopic (exact) mass is 363 g/mol. The molecule has 0 unspecified atom stereocenters. The maximum atomic E-state index is 11.8. The molecule has 0 spiro atoms. The van der Waals surface area contributed by atoms with E-state index in [-0.39, 0.29) is 17.4 Å². The number of ether oxygens (including phenoxy) is 2. The van der Waals surface area contributed by atoms with Crippen molar-refractivity contribution in [2.45, 2.75) is 65.7 Å². The summed E-state index contributed by atoms with van der Waals surface area (Å²) in [4.78, 5) is 34.1. The molecular weight excluding hydrogens is 334 g/mol. The molecule has 0 aliphatic rings. The summed E-state index contributed by atoms with van der Waals surface area (Å²) in [5, 5.41) is 2.90. The van der Waals surface area contributed by atoms with E-state index >= 15 is 0 Å². The van der Waals surface area contributed by atoms with Crippen molar-refractivity contribution in [3.63, 3.8) is 0 Å². The first-order valence-electron chi connectivity index (χ1n) is 9.18. The van der Waals surface area contributed by atoms with Crippen molar-refractivity contribution in [2.24, 2.45) is 0 Å². The fourth-order valence-electron chi connectivity index (χ4n) is 2.51. The number of benzene rings is 1. The number of esters is 2. The Morgan fingerprint density at radius 2 is 1.58 bits per heavy atom. The molecule has 0 fully saturated rings. The van der Waals surface area contributed by atoms with E-state index in [2.05, 4.69) is 12.2 Å². The lowest BCUT2D eigenvalue weighted by atomic mass is 10.1. The molecule has 1 rings (SSSR count). The van der Waals surface area contributed by atoms with Gasteiger partial charge in [-0.15, -0.1) is 0 Å². The van der Waals surface area contributed by atoms with Gasteiger partial charge < -0.3 is 14.8 Å². The molecule has 0 atom stereocenters. The second kappa shape index (κ2) is 12.1. The molecular formula is C20H29NO5. The number of carbonyl (C=O) groups excluding carboxylic acids is 3. The van der Waals surface area contributed by atoms with Crippen LogP contribution in [0.5, 0.6) is 11.5 Å². The standard InChI is InChI=1S/C20H29NO5/c1-4-5-6-7-8-9-20(24)21-13-12-17-10-11-18(25-15(2)22)19(14-17)26-16(3)23/h10-11,14H,4-9,12-13H2,1-3H3,(H,21,24). The summed E-state index contributed by atoms with van der Waals surface area (Å²) in [5.74, 6) is -0.525. The molecule has 0 saturated carbocycles. The highest BCUT2D eigenvalue weighted by molar-refractivity contribution is 5.76. The zero-order valence-corrected chi connectivity index (χ0v) is 15.9. The first-order chi connectivity index (χ1) is 12.4. The number of unbranched alkanes of at least 4 members (excludes halogenated alkanes) is 4. The molecule has 0 aliphatic heterocycles. The van der Waals surface area contributed by atoms with Gasteiger partial charge in [0.25, 0.3) is 0 Å². The summed E-state index contributed by atoms with van der Waals surface area (Å²) in [6.07, 6.45) is 6.74. The Hall–Kier alpha value is -2.37. The molecule has 1 N–H and O–H groups in total. The van der Waals surface area contributed by atoms with Crippen molar-refractivity contribution in [2.75, 3.05) is 6.54 Å². The number of hydrogen-bond acceptors (Lipinski definition) is 5. The lowest BCUT2D eigenvalue weighted by Gasteiger charge is -2.11. The molecule has 0 heterocycles. The summed E-state index contributed by atoms with van der Waals surface area (Å²) in [5.41, 5.74) is 0.875. The zero-order chi connectivity index (χ0) is 19.4. The van der Waals surface area contributed by atoms with Crippen LogP contribution in [0.15, 0.2) is 18.2 Å². The first kappa shape index (κ1) is 21.7. The van der Waals surface area contributed by atoms with E-state index in [4.69, 9.17) is 9.47 Å². The second-order valence-electron chi connectivity index (χ2n) is 6.23. The smallest absolute Gasteiger partial charge is 0.308 e. The Balaban J connectivity index is 2.47. The molecule has 0 radical (unpaired) electrons. The summed E-state index contributed by atoms with van der Waals surface area (Å²) < 4.78 is 10.1. The Labute approximate surface area is 155 Å². The lowest BCUT2D eigenvalue weighted by Crippen LogP contribution is -2.25. The molecule has 0 aromatic heterocycles. The van der Waals surface area contributed by atoms with Gasteiger partial charge in [-0.2, -0.15) is 0 Å². The van der Waals surface area contributed by atoms with Crippen molar-refractivity contribution in [3.8, 4) is 11.5 Å². The van der Waals surface area contributed by atoms with Gasteiger partial charge in [0.1, 0.15) is 0 Å². The van der Waals surface area contributed by atoms with Crippen LogP contribution < -0.4 is 14.8 Å². The van der Waals surface area contributed by atoms with E-state index in [9.17, 15) is 14.4 Å². The Bertz CT molecular complexity index is 612. The van der Waals surface area contributed by atoms with Gasteiger partial charge in [-0.1, -0.05) is 38.7 Å². The maximum absolute atomic E-state index is 11.8. The molecule has 1 amide bonds. The third-order valence-corrected chi connectivity index (χ3v) is 3.76. The molecule has 0 bridgehead atoms. The topological polar surface area (TPSA) is 81.7 Å². The predicted molar refractivity (Wildman–Crippen MR) is 99.1 cm³/mol. The minimum Gasteiger partial charge on any atom is -0.423 e. The van der Waals surface area contributed by atoms with E-state index in [1.165, 1.54) is 33.1 Å². The molecule has 1 aromatic rings. The van der Waals surface area contributed by atoms with Crippen molar-refractivity contribution in [1.29, 1.82) is 0 Å². The van der Waals surface area contributed by atoms with Gasteiger partial charge in [-0.05, 0) is 30.5 Å². The summed E-state index contributed by atoms with van der Waals surface area (Å²) >= 11 is 0. The number of amides is 1. The zero-order valence-electron chi connectivity index (χ0n) is 15.9. The van der Waals surface area contributed by atoms with E-state index in [1.807, 2.05) is 0 Å². The van der Waals surface area contributed by atoms with Crippen LogP contribution in [0.3, 0.4) is 0 Å². The fourth-order valence-corrected chi connectivity index (χ4v) is 2.51. The van der Waals surface area contributed by atoms with E-state index in [0.717, 1.165) is 18.4 Å². The predicted octanol–water partition coefficient (Wildman–Crippen LogP) is 3.56. The molecule has 0 aliphatic carbocycles. The van der Waals surface area contributed by atoms with Gasteiger partial charge in [0.05, 0.1) is 0 Å². The Kier molecular flexibility index (Phi) is 10.1. The highest BCUT2D eigenvalue weighted by atomic mass is 16.6. The average molecular weight is 363 g/mol. The third-order valence-electron chi connectivity index (χ3n) is 3.76. The number of rotatable bonds is 11. The van der Waals surface area contributed by atoms with Crippen LogP contribution in [-0.4, -0.2) is 24.4 Å². The van der Waals surface area contributed by atoms with Gasteiger partial charge >= 0.3 is 11.9 Å². The number of hydrogen-bond donors (Lipinski definition) is 1. The van der Waals surface area contributed by atoms with Crippen LogP contribution in [0.4, 0.5) is 0 Å². The van der Waals surface area contributed by atoms with Crippen LogP contribution in [0.25, 0.3) is 0 Å². The largest absolute Gasteiger partial charge is 0.423 e. The molecule has 6 nitrogen and oxygen atoms in total. The highest BCUT2D eigenvalue weighted by Gasteiger charge is 2.11. The lowest BCUT2D eigenvalue weighted by molar-refractivity contribution is -0.134. The van der Waals surface area contributed by atoms with Crippen LogP contribution in [0, 0.1) is 0 Å². The van der Waals surface area contributed by atoms with Crippen molar-refractivity contribution in [1.82, 2.24) is 5.32 Å². The average Bonchev–Trinajstić information content (AvgIpc) is 2.56. The van der Waals surface area contributed by atoms with Crippen molar-refractivity contribution < 1.29 is 23.9 Å². The minimum absolute atomic E-state index is 0.0539.